The van der Waals surface area contributed by atoms with Gasteiger partial charge in [0.05, 0.1) is 0 Å². The van der Waals surface area contributed by atoms with Gasteiger partial charge in [-0.3, -0.25) is 0 Å². The Morgan fingerprint density at radius 2 is 0.818 bits per heavy atom. The van der Waals surface area contributed by atoms with E-state index in [1.807, 2.05) is 0 Å². The Bertz CT molecular complexity index is 278. The maximum absolute atomic E-state index is 2.35. The van der Waals surface area contributed by atoms with Crippen LogP contribution in [0.4, 0.5) is 0 Å². The lowest BCUT2D eigenvalue weighted by Crippen LogP contribution is -2.15. The molecule has 0 aromatic rings. The Labute approximate surface area is 216 Å². The van der Waals surface area contributed by atoms with Gasteiger partial charge in [0.25, 0.3) is 0 Å². The summed E-state index contributed by atoms with van der Waals surface area (Å²) in [5, 5.41) is 0. The third-order valence-corrected chi connectivity index (χ3v) is 8.95. The fraction of sp³-hybridized carbons (Fsp3) is 1.00. The van der Waals surface area contributed by atoms with Crippen molar-refractivity contribution < 1.29 is 0 Å². The van der Waals surface area contributed by atoms with Crippen molar-refractivity contribution >= 4 is 0 Å². The summed E-state index contributed by atoms with van der Waals surface area (Å²) in [6.07, 6.45) is 19.0. The van der Waals surface area contributed by atoms with Crippen LogP contribution >= 0.6 is 0 Å². The minimum atomic E-state index is 0. The Hall–Kier alpha value is 0. The Morgan fingerprint density at radius 3 is 0.939 bits per heavy atom. The maximum Gasteiger partial charge on any atom is -0.0308 e. The molecule has 0 aromatic heterocycles. The average Bonchev–Trinajstić information content (AvgIpc) is 2.86. The highest BCUT2D eigenvalue weighted by atomic mass is 14.3. The highest BCUT2D eigenvalue weighted by Gasteiger charge is 2.20. The molecule has 208 valence electrons. The fourth-order valence-electron chi connectivity index (χ4n) is 3.49. The molecule has 1 unspecified atom stereocenters. The lowest BCUT2D eigenvalue weighted by atomic mass is 9.78. The zero-order chi connectivity index (χ0) is 26.1. The highest BCUT2D eigenvalue weighted by molar-refractivity contribution is 4.72. The van der Waals surface area contributed by atoms with Gasteiger partial charge < -0.3 is 0 Å². The molecule has 0 amide bonds. The van der Waals surface area contributed by atoms with Crippen LogP contribution in [0, 0.1) is 22.7 Å². The molecule has 0 heterocycles. The highest BCUT2D eigenvalue weighted by Crippen LogP contribution is 2.33. The topological polar surface area (TPSA) is 0 Å². The Kier molecular flexibility index (Phi) is 39.2. The fourth-order valence-corrected chi connectivity index (χ4v) is 3.49. The predicted octanol–water partition coefficient (Wildman–Crippen LogP) is 13.5. The van der Waals surface area contributed by atoms with E-state index in [1.165, 1.54) is 89.9 Å². The SMILES string of the molecule is C.CCC(C)(CC)CC.CCC(C)CC.CCC(CC)(CC)CC.CCCCCC(C)CC. The zero-order valence-electron chi connectivity index (χ0n) is 26.1. The van der Waals surface area contributed by atoms with Gasteiger partial charge in [-0.15, -0.1) is 0 Å². The summed E-state index contributed by atoms with van der Waals surface area (Å²) < 4.78 is 0. The lowest BCUT2D eigenvalue weighted by molar-refractivity contribution is 0.240. The summed E-state index contributed by atoms with van der Waals surface area (Å²) in [5.74, 6) is 1.89. The van der Waals surface area contributed by atoms with Crippen molar-refractivity contribution in [3.63, 3.8) is 0 Å². The molecule has 0 nitrogen and oxygen atoms in total. The second-order valence-electron chi connectivity index (χ2n) is 10.7. The standard InChI is InChI=1S/2C9H20.C8H18.C6H14.CH4/c1-5-9(6-2,7-3)8-4;1-4-6-7-8-9(3)5-2;1-5-8(4,6-2)7-3;1-4-6(3)5-2;/h5-8H2,1-4H3;9H,4-8H2,1-3H3;5-7H2,1-4H3;6H,4-5H2,1-3H3;1H4. The monoisotopic (exact) mass is 473 g/mol. The maximum atomic E-state index is 2.35. The van der Waals surface area contributed by atoms with Gasteiger partial charge in [-0.05, 0) is 22.7 Å². The second kappa shape index (κ2) is 30.0. The number of hydrogen-bond acceptors (Lipinski definition) is 0. The van der Waals surface area contributed by atoms with Gasteiger partial charge in [0.2, 0.25) is 0 Å². The number of hydrogen-bond donors (Lipinski definition) is 0. The van der Waals surface area contributed by atoms with Crippen LogP contribution in [0.3, 0.4) is 0 Å². The van der Waals surface area contributed by atoms with Crippen LogP contribution in [0.1, 0.15) is 194 Å². The van der Waals surface area contributed by atoms with E-state index in [0.717, 1.165) is 11.8 Å². The molecule has 0 spiro atoms. The molecule has 33 heavy (non-hydrogen) atoms. The van der Waals surface area contributed by atoms with E-state index in [1.54, 1.807) is 0 Å². The summed E-state index contributed by atoms with van der Waals surface area (Å²) in [4.78, 5) is 0. The summed E-state index contributed by atoms with van der Waals surface area (Å²) in [6.45, 7) is 32.0. The van der Waals surface area contributed by atoms with E-state index < -0.39 is 0 Å². The zero-order valence-corrected chi connectivity index (χ0v) is 26.1. The van der Waals surface area contributed by atoms with Crippen LogP contribution in [0.15, 0.2) is 0 Å². The minimum Gasteiger partial charge on any atom is -0.0776 e. The second-order valence-corrected chi connectivity index (χ2v) is 10.7. The molecule has 0 saturated heterocycles. The van der Waals surface area contributed by atoms with Crippen LogP contribution in [0.5, 0.6) is 0 Å². The van der Waals surface area contributed by atoms with Crippen LogP contribution in [-0.2, 0) is 0 Å². The molecule has 0 aliphatic rings. The molecule has 1 atom stereocenters. The summed E-state index contributed by atoms with van der Waals surface area (Å²) in [6, 6.07) is 0. The molecule has 0 N–H and O–H groups in total. The van der Waals surface area contributed by atoms with Crippen molar-refractivity contribution in [2.24, 2.45) is 22.7 Å². The van der Waals surface area contributed by atoms with Crippen molar-refractivity contribution in [2.45, 2.75) is 194 Å². The molecule has 0 aliphatic carbocycles. The first-order valence-electron chi connectivity index (χ1n) is 15.0. The van der Waals surface area contributed by atoms with Gasteiger partial charge in [0, 0.05) is 0 Å². The third-order valence-electron chi connectivity index (χ3n) is 8.95. The van der Waals surface area contributed by atoms with Crippen molar-refractivity contribution in [2.75, 3.05) is 0 Å². The summed E-state index contributed by atoms with van der Waals surface area (Å²) >= 11 is 0. The van der Waals surface area contributed by atoms with E-state index in [-0.39, 0.29) is 7.43 Å². The van der Waals surface area contributed by atoms with Crippen LogP contribution < -0.4 is 0 Å². The first-order valence-corrected chi connectivity index (χ1v) is 15.0. The predicted molar refractivity (Wildman–Crippen MR) is 163 cm³/mol. The van der Waals surface area contributed by atoms with Gasteiger partial charge in [-0.1, -0.05) is 194 Å². The first kappa shape index (κ1) is 43.1. The van der Waals surface area contributed by atoms with Gasteiger partial charge in [-0.2, -0.15) is 0 Å². The number of unbranched alkanes of at least 4 members (excludes halogenated alkanes) is 2. The van der Waals surface area contributed by atoms with E-state index in [4.69, 9.17) is 0 Å². The molecule has 0 fully saturated rings. The average molecular weight is 473 g/mol. The van der Waals surface area contributed by atoms with Gasteiger partial charge in [0.1, 0.15) is 0 Å². The van der Waals surface area contributed by atoms with Crippen molar-refractivity contribution in [1.29, 1.82) is 0 Å². The van der Waals surface area contributed by atoms with E-state index in [2.05, 4.69) is 96.9 Å². The van der Waals surface area contributed by atoms with Crippen molar-refractivity contribution in [3.8, 4) is 0 Å². The van der Waals surface area contributed by atoms with E-state index in [9.17, 15) is 0 Å². The molecular weight excluding hydrogens is 396 g/mol. The van der Waals surface area contributed by atoms with Crippen LogP contribution in [0.2, 0.25) is 0 Å². The van der Waals surface area contributed by atoms with Crippen molar-refractivity contribution in [1.82, 2.24) is 0 Å². The van der Waals surface area contributed by atoms with Gasteiger partial charge in [0.15, 0.2) is 0 Å². The molecular formula is C33H76. The van der Waals surface area contributed by atoms with Crippen LogP contribution in [-0.4, -0.2) is 0 Å². The molecule has 0 aromatic carbocycles. The third kappa shape index (κ3) is 28.1. The minimum absolute atomic E-state index is 0. The smallest absolute Gasteiger partial charge is 0.0308 e. The van der Waals surface area contributed by atoms with E-state index >= 15 is 0 Å². The molecule has 0 bridgehead atoms. The van der Waals surface area contributed by atoms with Crippen molar-refractivity contribution in [3.05, 3.63) is 0 Å². The first-order chi connectivity index (χ1) is 15.0. The molecule has 0 radical (unpaired) electrons. The normalized spacial score (nSPS) is 11.7. The summed E-state index contributed by atoms with van der Waals surface area (Å²) in [5.41, 5.74) is 1.29. The molecule has 0 rings (SSSR count). The Balaban J connectivity index is -0.000000106. The van der Waals surface area contributed by atoms with Crippen LogP contribution in [0.25, 0.3) is 0 Å². The van der Waals surface area contributed by atoms with E-state index in [0.29, 0.717) is 10.8 Å². The molecule has 0 aliphatic heterocycles. The molecule has 0 heteroatoms. The number of rotatable bonds is 14. The lowest BCUT2D eigenvalue weighted by Gasteiger charge is -2.28. The van der Waals surface area contributed by atoms with Gasteiger partial charge in [-0.25, -0.2) is 0 Å². The Morgan fingerprint density at radius 1 is 0.485 bits per heavy atom. The van der Waals surface area contributed by atoms with Gasteiger partial charge >= 0.3 is 0 Å². The summed E-state index contributed by atoms with van der Waals surface area (Å²) in [7, 11) is 0. The quantitative estimate of drug-likeness (QED) is 0.220. The molecule has 0 saturated carbocycles. The largest absolute Gasteiger partial charge is 0.0776 e.